The molecule has 0 saturated heterocycles. The van der Waals surface area contributed by atoms with E-state index in [9.17, 15) is 23.5 Å². The molecule has 1 rings (SSSR count). The highest BCUT2D eigenvalue weighted by molar-refractivity contribution is 5.94. The molecule has 1 aromatic rings. The molecule has 0 aliphatic rings. The van der Waals surface area contributed by atoms with E-state index in [0.717, 1.165) is 12.1 Å². The zero-order valence-corrected chi connectivity index (χ0v) is 10.1. The molecule has 0 spiro atoms. The van der Waals surface area contributed by atoms with Crippen LogP contribution in [0.4, 0.5) is 8.78 Å². The second-order valence-electron chi connectivity index (χ2n) is 4.37. The molecule has 0 aromatic heterocycles. The summed E-state index contributed by atoms with van der Waals surface area (Å²) < 4.78 is 25.9. The molecule has 3 N–H and O–H groups in total. The topological polar surface area (TPSA) is 86.6 Å². The predicted molar refractivity (Wildman–Crippen MR) is 61.6 cm³/mol. The van der Waals surface area contributed by atoms with Gasteiger partial charge in [0.25, 0.3) is 5.91 Å². The van der Waals surface area contributed by atoms with Crippen molar-refractivity contribution in [2.24, 2.45) is 0 Å². The molecule has 0 heterocycles. The molecule has 0 bridgehead atoms. The third kappa shape index (κ3) is 4.63. The number of carbonyl (C=O) groups excluding carboxylic acids is 1. The van der Waals surface area contributed by atoms with E-state index in [0.29, 0.717) is 6.07 Å². The van der Waals surface area contributed by atoms with Crippen LogP contribution in [0.2, 0.25) is 0 Å². The van der Waals surface area contributed by atoms with Gasteiger partial charge in [-0.05, 0) is 19.1 Å². The van der Waals surface area contributed by atoms with Crippen molar-refractivity contribution >= 4 is 11.9 Å². The lowest BCUT2D eigenvalue weighted by atomic mass is 10.0. The van der Waals surface area contributed by atoms with Crippen molar-refractivity contribution in [1.29, 1.82) is 0 Å². The number of amides is 1. The molecule has 19 heavy (non-hydrogen) atoms. The third-order valence-corrected chi connectivity index (χ3v) is 2.34. The summed E-state index contributed by atoms with van der Waals surface area (Å²) in [6.45, 7) is 0.859. The van der Waals surface area contributed by atoms with Gasteiger partial charge in [-0.1, -0.05) is 0 Å². The SMILES string of the molecule is CC(O)(CNC(=O)c1ccc(F)cc1F)CC(=O)O. The average molecular weight is 273 g/mol. The number of carboxylic acid groups (broad SMARTS) is 1. The van der Waals surface area contributed by atoms with Gasteiger partial charge in [-0.25, -0.2) is 8.78 Å². The van der Waals surface area contributed by atoms with E-state index in [2.05, 4.69) is 5.32 Å². The Hall–Kier alpha value is -2.02. The maximum Gasteiger partial charge on any atom is 0.306 e. The van der Waals surface area contributed by atoms with E-state index in [1.165, 1.54) is 6.92 Å². The second-order valence-corrected chi connectivity index (χ2v) is 4.37. The van der Waals surface area contributed by atoms with Gasteiger partial charge >= 0.3 is 5.97 Å². The van der Waals surface area contributed by atoms with Crippen LogP contribution in [0.5, 0.6) is 0 Å². The number of halogens is 2. The second kappa shape index (κ2) is 5.75. The van der Waals surface area contributed by atoms with Crippen LogP contribution in [0, 0.1) is 11.6 Å². The third-order valence-electron chi connectivity index (χ3n) is 2.34. The number of carbonyl (C=O) groups is 2. The molecule has 0 fully saturated rings. The first-order valence-electron chi connectivity index (χ1n) is 5.39. The Morgan fingerprint density at radius 3 is 2.53 bits per heavy atom. The Bertz CT molecular complexity index is 503. The predicted octanol–water partition coefficient (Wildman–Crippen LogP) is 0.920. The molecule has 0 radical (unpaired) electrons. The van der Waals surface area contributed by atoms with Gasteiger partial charge in [-0.3, -0.25) is 9.59 Å². The minimum atomic E-state index is -1.65. The zero-order valence-electron chi connectivity index (χ0n) is 10.1. The molecule has 0 aliphatic heterocycles. The van der Waals surface area contributed by atoms with Crippen molar-refractivity contribution in [3.8, 4) is 0 Å². The molecule has 1 aromatic carbocycles. The fraction of sp³-hybridized carbons (Fsp3) is 0.333. The number of hydrogen-bond donors (Lipinski definition) is 3. The fourth-order valence-corrected chi connectivity index (χ4v) is 1.43. The first-order valence-corrected chi connectivity index (χ1v) is 5.39. The minimum absolute atomic E-state index is 0.366. The first-order chi connectivity index (χ1) is 8.71. The Balaban J connectivity index is 2.68. The van der Waals surface area contributed by atoms with Crippen molar-refractivity contribution < 1.29 is 28.6 Å². The maximum absolute atomic E-state index is 13.3. The Morgan fingerprint density at radius 1 is 1.37 bits per heavy atom. The molecule has 7 heteroatoms. The number of aliphatic hydroxyl groups is 1. The Kier molecular flexibility index (Phi) is 4.55. The van der Waals surface area contributed by atoms with Gasteiger partial charge in [0.1, 0.15) is 11.6 Å². The Labute approximate surface area is 107 Å². The van der Waals surface area contributed by atoms with Crippen LogP contribution in [0.15, 0.2) is 18.2 Å². The van der Waals surface area contributed by atoms with Crippen LogP contribution in [0.1, 0.15) is 23.7 Å². The Morgan fingerprint density at radius 2 is 2.00 bits per heavy atom. The van der Waals surface area contributed by atoms with Crippen molar-refractivity contribution in [1.82, 2.24) is 5.32 Å². The quantitative estimate of drug-likeness (QED) is 0.744. The van der Waals surface area contributed by atoms with Crippen LogP contribution in [0.25, 0.3) is 0 Å². The summed E-state index contributed by atoms with van der Waals surface area (Å²) in [5.41, 5.74) is -2.04. The normalized spacial score (nSPS) is 13.7. The molecular weight excluding hydrogens is 260 g/mol. The highest BCUT2D eigenvalue weighted by Crippen LogP contribution is 2.11. The number of benzene rings is 1. The van der Waals surface area contributed by atoms with Crippen LogP contribution >= 0.6 is 0 Å². The number of rotatable bonds is 5. The lowest BCUT2D eigenvalue weighted by Crippen LogP contribution is -2.42. The monoisotopic (exact) mass is 273 g/mol. The summed E-state index contributed by atoms with van der Waals surface area (Å²) >= 11 is 0. The van der Waals surface area contributed by atoms with Crippen LogP contribution in [0.3, 0.4) is 0 Å². The molecule has 0 aliphatic carbocycles. The summed E-state index contributed by atoms with van der Waals surface area (Å²) in [7, 11) is 0. The van der Waals surface area contributed by atoms with Gasteiger partial charge in [0.15, 0.2) is 0 Å². The number of hydrogen-bond acceptors (Lipinski definition) is 3. The van der Waals surface area contributed by atoms with E-state index in [1.54, 1.807) is 0 Å². The summed E-state index contributed by atoms with van der Waals surface area (Å²) in [6, 6.07) is 2.45. The number of carboxylic acids is 1. The maximum atomic E-state index is 13.3. The summed E-state index contributed by atoms with van der Waals surface area (Å²) in [6.07, 6.45) is -0.570. The van der Waals surface area contributed by atoms with Crippen molar-refractivity contribution in [2.45, 2.75) is 18.9 Å². The first kappa shape index (κ1) is 15.0. The summed E-state index contributed by atoms with van der Waals surface area (Å²) in [5, 5.41) is 20.4. The lowest BCUT2D eigenvalue weighted by molar-refractivity contribution is -0.141. The fourth-order valence-electron chi connectivity index (χ4n) is 1.43. The van der Waals surface area contributed by atoms with Crippen LogP contribution in [-0.2, 0) is 4.79 Å². The molecule has 104 valence electrons. The molecule has 0 saturated carbocycles. The highest BCUT2D eigenvalue weighted by Gasteiger charge is 2.25. The van der Waals surface area contributed by atoms with E-state index in [4.69, 9.17) is 5.11 Å². The highest BCUT2D eigenvalue weighted by atomic mass is 19.1. The molecule has 5 nitrogen and oxygen atoms in total. The molecular formula is C12H13F2NO4. The van der Waals surface area contributed by atoms with Gasteiger partial charge in [-0.15, -0.1) is 0 Å². The van der Waals surface area contributed by atoms with E-state index >= 15 is 0 Å². The minimum Gasteiger partial charge on any atom is -0.481 e. The molecule has 1 atom stereocenters. The number of aliphatic carboxylic acids is 1. The number of nitrogens with one attached hydrogen (secondary N) is 1. The largest absolute Gasteiger partial charge is 0.481 e. The lowest BCUT2D eigenvalue weighted by Gasteiger charge is -2.21. The van der Waals surface area contributed by atoms with Crippen LogP contribution < -0.4 is 5.32 Å². The standard InChI is InChI=1S/C12H13F2NO4/c1-12(19,5-10(16)17)6-15-11(18)8-3-2-7(13)4-9(8)14/h2-4,19H,5-6H2,1H3,(H,15,18)(H,16,17). The van der Waals surface area contributed by atoms with Gasteiger partial charge in [0.2, 0.25) is 0 Å². The molecule has 1 amide bonds. The van der Waals surface area contributed by atoms with Gasteiger partial charge in [-0.2, -0.15) is 0 Å². The van der Waals surface area contributed by atoms with E-state index in [1.807, 2.05) is 0 Å². The van der Waals surface area contributed by atoms with Gasteiger partial charge in [0.05, 0.1) is 17.6 Å². The average Bonchev–Trinajstić information content (AvgIpc) is 2.24. The van der Waals surface area contributed by atoms with E-state index < -0.39 is 35.5 Å². The van der Waals surface area contributed by atoms with Crippen LogP contribution in [-0.4, -0.2) is 34.2 Å². The van der Waals surface area contributed by atoms with Crippen molar-refractivity contribution in [3.05, 3.63) is 35.4 Å². The van der Waals surface area contributed by atoms with Crippen molar-refractivity contribution in [3.63, 3.8) is 0 Å². The summed E-state index contributed by atoms with van der Waals surface area (Å²) in [5.74, 6) is -3.93. The summed E-state index contributed by atoms with van der Waals surface area (Å²) in [4.78, 5) is 22.0. The van der Waals surface area contributed by atoms with Crippen molar-refractivity contribution in [2.75, 3.05) is 6.54 Å². The smallest absolute Gasteiger partial charge is 0.306 e. The zero-order chi connectivity index (χ0) is 14.6. The van der Waals surface area contributed by atoms with Gasteiger partial charge < -0.3 is 15.5 Å². The molecule has 1 unspecified atom stereocenters. The van der Waals surface area contributed by atoms with E-state index in [-0.39, 0.29) is 12.1 Å². The van der Waals surface area contributed by atoms with Gasteiger partial charge in [0, 0.05) is 12.6 Å².